The average Bonchev–Trinajstić information content (AvgIpc) is 2.93. The molecule has 23 heavy (non-hydrogen) atoms. The van der Waals surface area contributed by atoms with E-state index in [1.54, 1.807) is 0 Å². The Morgan fingerprint density at radius 1 is 1.26 bits per heavy atom. The highest BCUT2D eigenvalue weighted by Gasteiger charge is 2.25. The van der Waals surface area contributed by atoms with Crippen LogP contribution in [0.15, 0.2) is 36.4 Å². The van der Waals surface area contributed by atoms with Crippen molar-refractivity contribution in [3.8, 4) is 0 Å². The number of hydrogen-bond donors (Lipinski definition) is 1. The molecule has 0 radical (unpaired) electrons. The van der Waals surface area contributed by atoms with E-state index in [1.165, 1.54) is 5.56 Å². The highest BCUT2D eigenvalue weighted by atomic mass is 35.5. The van der Waals surface area contributed by atoms with Gasteiger partial charge in [-0.05, 0) is 56.7 Å². The van der Waals surface area contributed by atoms with Crippen LogP contribution < -0.4 is 5.32 Å². The molecule has 3 nitrogen and oxygen atoms in total. The van der Waals surface area contributed by atoms with Gasteiger partial charge in [-0.3, -0.25) is 4.79 Å². The van der Waals surface area contributed by atoms with Gasteiger partial charge in [0.2, 0.25) is 0 Å². The lowest BCUT2D eigenvalue weighted by Crippen LogP contribution is -2.45. The Bertz CT molecular complexity index is 726. The zero-order valence-corrected chi connectivity index (χ0v) is 14.3. The van der Waals surface area contributed by atoms with Gasteiger partial charge in [-0.2, -0.15) is 0 Å². The van der Waals surface area contributed by atoms with E-state index in [9.17, 15) is 4.79 Å². The smallest absolute Gasteiger partial charge is 0.254 e. The molecule has 1 amide bonds. The number of aryl methyl sites for hydroxylation is 2. The number of aromatic nitrogens is 1. The number of halogens is 1. The molecular formula is C19H21ClN2O. The maximum Gasteiger partial charge on any atom is 0.254 e. The van der Waals surface area contributed by atoms with Crippen LogP contribution in [0.5, 0.6) is 0 Å². The minimum absolute atomic E-state index is 0.155. The third-order valence-electron chi connectivity index (χ3n) is 4.19. The molecule has 0 bridgehead atoms. The van der Waals surface area contributed by atoms with Crippen LogP contribution in [0, 0.1) is 0 Å². The molecule has 0 saturated heterocycles. The van der Waals surface area contributed by atoms with E-state index in [1.807, 2.05) is 38.1 Å². The molecule has 0 aliphatic heterocycles. The first kappa shape index (κ1) is 16.0. The number of nitrogens with zero attached hydrogens (tertiary/aromatic N) is 1. The molecule has 1 N–H and O–H groups in total. The van der Waals surface area contributed by atoms with Gasteiger partial charge in [-0.15, -0.1) is 0 Å². The Morgan fingerprint density at radius 2 is 2.00 bits per heavy atom. The lowest BCUT2D eigenvalue weighted by molar-refractivity contribution is 0.0912. The van der Waals surface area contributed by atoms with E-state index >= 15 is 0 Å². The van der Waals surface area contributed by atoms with Gasteiger partial charge in [0.05, 0.1) is 5.56 Å². The molecule has 0 saturated carbocycles. The van der Waals surface area contributed by atoms with E-state index in [0.29, 0.717) is 10.7 Å². The predicted molar refractivity (Wildman–Crippen MR) is 93.0 cm³/mol. The number of fused-ring (bicyclic) bond motifs is 1. The fourth-order valence-electron chi connectivity index (χ4n) is 3.13. The van der Waals surface area contributed by atoms with Crippen molar-refractivity contribution in [1.82, 2.24) is 10.3 Å². The van der Waals surface area contributed by atoms with E-state index < -0.39 is 0 Å². The number of carbonyl (C=O) groups excluding carboxylic acids is 1. The summed E-state index contributed by atoms with van der Waals surface area (Å²) in [4.78, 5) is 17.0. The first-order chi connectivity index (χ1) is 10.9. The van der Waals surface area contributed by atoms with Crippen molar-refractivity contribution in [2.24, 2.45) is 0 Å². The summed E-state index contributed by atoms with van der Waals surface area (Å²) < 4.78 is 0. The monoisotopic (exact) mass is 328 g/mol. The topological polar surface area (TPSA) is 42.0 Å². The molecule has 1 aliphatic carbocycles. The van der Waals surface area contributed by atoms with Crippen LogP contribution in [0.4, 0.5) is 0 Å². The first-order valence-corrected chi connectivity index (χ1v) is 8.37. The number of benzene rings is 1. The minimum atomic E-state index is -0.360. The molecule has 1 aliphatic rings. The van der Waals surface area contributed by atoms with Gasteiger partial charge in [0.1, 0.15) is 5.15 Å². The van der Waals surface area contributed by atoms with Gasteiger partial charge < -0.3 is 5.32 Å². The molecule has 0 atom stereocenters. The van der Waals surface area contributed by atoms with Gasteiger partial charge in [-0.25, -0.2) is 4.98 Å². The molecular weight excluding hydrogens is 308 g/mol. The summed E-state index contributed by atoms with van der Waals surface area (Å²) >= 11 is 6.22. The number of amides is 1. The Hall–Kier alpha value is -1.87. The van der Waals surface area contributed by atoms with E-state index in [-0.39, 0.29) is 11.4 Å². The van der Waals surface area contributed by atoms with Gasteiger partial charge in [0.25, 0.3) is 5.91 Å². The Labute approximate surface area is 142 Å². The lowest BCUT2D eigenvalue weighted by Gasteiger charge is -2.26. The molecule has 0 spiro atoms. The molecule has 1 aromatic heterocycles. The maximum absolute atomic E-state index is 12.6. The molecule has 2 aromatic rings. The number of pyridine rings is 1. The third kappa shape index (κ3) is 3.73. The molecule has 0 unspecified atom stereocenters. The number of hydrogen-bond acceptors (Lipinski definition) is 2. The van der Waals surface area contributed by atoms with Crippen LogP contribution in [0.1, 0.15) is 47.4 Å². The quantitative estimate of drug-likeness (QED) is 0.863. The van der Waals surface area contributed by atoms with Crippen LogP contribution in [-0.4, -0.2) is 16.4 Å². The van der Waals surface area contributed by atoms with Gasteiger partial charge in [0, 0.05) is 11.2 Å². The predicted octanol–water partition coefficient (Wildman–Crippen LogP) is 3.97. The van der Waals surface area contributed by atoms with Crippen LogP contribution in [-0.2, 0) is 19.3 Å². The molecule has 1 heterocycles. The second kappa shape index (κ2) is 6.32. The fourth-order valence-corrected chi connectivity index (χ4v) is 3.37. The van der Waals surface area contributed by atoms with Gasteiger partial charge in [-0.1, -0.05) is 41.9 Å². The molecule has 0 fully saturated rings. The zero-order chi connectivity index (χ0) is 16.4. The van der Waals surface area contributed by atoms with E-state index in [4.69, 9.17) is 11.6 Å². The molecule has 3 rings (SSSR count). The highest BCUT2D eigenvalue weighted by molar-refractivity contribution is 6.32. The van der Waals surface area contributed by atoms with Crippen molar-refractivity contribution in [3.63, 3.8) is 0 Å². The Kier molecular flexibility index (Phi) is 4.40. The third-order valence-corrected chi connectivity index (χ3v) is 4.48. The SMILES string of the molecule is CC(C)(Cc1ccccc1)NC(=O)c1cc2c(nc1Cl)CCC2. The fraction of sp³-hybridized carbons (Fsp3) is 0.368. The molecule has 4 heteroatoms. The van der Waals surface area contributed by atoms with Crippen molar-refractivity contribution in [1.29, 1.82) is 0 Å². The molecule has 1 aromatic carbocycles. The van der Waals surface area contributed by atoms with E-state index in [2.05, 4.69) is 22.4 Å². The highest BCUT2D eigenvalue weighted by Crippen LogP contribution is 2.25. The summed E-state index contributed by atoms with van der Waals surface area (Å²) in [5, 5.41) is 3.39. The largest absolute Gasteiger partial charge is 0.347 e. The van der Waals surface area contributed by atoms with Crippen LogP contribution >= 0.6 is 11.6 Å². The van der Waals surface area contributed by atoms with Crippen LogP contribution in [0.25, 0.3) is 0 Å². The van der Waals surface area contributed by atoms with Gasteiger partial charge >= 0.3 is 0 Å². The number of rotatable bonds is 4. The normalized spacial score (nSPS) is 13.7. The van der Waals surface area contributed by atoms with Gasteiger partial charge in [0.15, 0.2) is 0 Å². The average molecular weight is 329 g/mol. The van der Waals surface area contributed by atoms with Crippen molar-refractivity contribution in [2.45, 2.75) is 45.1 Å². The summed E-state index contributed by atoms with van der Waals surface area (Å²) in [6, 6.07) is 12.1. The lowest BCUT2D eigenvalue weighted by atomic mass is 9.94. The Morgan fingerprint density at radius 3 is 2.74 bits per heavy atom. The van der Waals surface area contributed by atoms with Crippen molar-refractivity contribution in [3.05, 3.63) is 63.9 Å². The Balaban J connectivity index is 1.76. The zero-order valence-electron chi connectivity index (χ0n) is 13.5. The summed E-state index contributed by atoms with van der Waals surface area (Å²) in [5.41, 5.74) is 3.50. The van der Waals surface area contributed by atoms with Crippen molar-refractivity contribution in [2.75, 3.05) is 0 Å². The second-order valence-electron chi connectivity index (χ2n) is 6.79. The first-order valence-electron chi connectivity index (χ1n) is 7.99. The van der Waals surface area contributed by atoms with Crippen molar-refractivity contribution >= 4 is 17.5 Å². The second-order valence-corrected chi connectivity index (χ2v) is 7.14. The summed E-state index contributed by atoms with van der Waals surface area (Å²) in [6.45, 7) is 4.04. The number of nitrogens with one attached hydrogen (secondary N) is 1. The van der Waals surface area contributed by atoms with E-state index in [0.717, 1.165) is 36.9 Å². The summed E-state index contributed by atoms with van der Waals surface area (Å²) in [6.07, 6.45) is 3.78. The van der Waals surface area contributed by atoms with Crippen LogP contribution in [0.2, 0.25) is 5.15 Å². The standard InChI is InChI=1S/C19H21ClN2O/c1-19(2,12-13-7-4-3-5-8-13)22-18(23)15-11-14-9-6-10-16(14)21-17(15)20/h3-5,7-8,11H,6,9-10,12H2,1-2H3,(H,22,23). The molecule has 120 valence electrons. The van der Waals surface area contributed by atoms with Crippen LogP contribution in [0.3, 0.4) is 0 Å². The minimum Gasteiger partial charge on any atom is -0.347 e. The van der Waals surface area contributed by atoms with Crippen molar-refractivity contribution < 1.29 is 4.79 Å². The number of carbonyl (C=O) groups is 1. The summed E-state index contributed by atoms with van der Waals surface area (Å²) in [5.74, 6) is -0.155. The maximum atomic E-state index is 12.6. The summed E-state index contributed by atoms with van der Waals surface area (Å²) in [7, 11) is 0.